The molecule has 1 unspecified atom stereocenters. The number of carbonyl (C=O) groups is 1. The van der Waals surface area contributed by atoms with E-state index in [2.05, 4.69) is 33.6 Å². The van der Waals surface area contributed by atoms with Crippen molar-refractivity contribution in [2.45, 2.75) is 89.2 Å². The summed E-state index contributed by atoms with van der Waals surface area (Å²) in [4.78, 5) is 17.6. The number of sulfone groups is 1. The monoisotopic (exact) mass is 498 g/mol. The first kappa shape index (κ1) is 26.9. The molecule has 1 fully saturated rings. The summed E-state index contributed by atoms with van der Waals surface area (Å²) in [5, 5.41) is 7.81. The van der Waals surface area contributed by atoms with Gasteiger partial charge in [0.15, 0.2) is 14.9 Å². The predicted molar refractivity (Wildman–Crippen MR) is 140 cm³/mol. The summed E-state index contributed by atoms with van der Waals surface area (Å²) in [6.45, 7) is 10.1. The summed E-state index contributed by atoms with van der Waals surface area (Å²) in [6, 6.07) is 3.32. The van der Waals surface area contributed by atoms with Crippen LogP contribution >= 0.6 is 0 Å². The van der Waals surface area contributed by atoms with Gasteiger partial charge in [0, 0.05) is 29.3 Å². The van der Waals surface area contributed by atoms with E-state index in [0.717, 1.165) is 42.3 Å². The Labute approximate surface area is 209 Å². The quantitative estimate of drug-likeness (QED) is 0.345. The number of hydrogen-bond donors (Lipinski definition) is 1. The molecule has 0 radical (unpaired) electrons. The van der Waals surface area contributed by atoms with Crippen LogP contribution in [0.5, 0.6) is 0 Å². The topological polar surface area (TPSA) is 93.9 Å². The molecule has 1 amide bonds. The molecule has 190 valence electrons. The van der Waals surface area contributed by atoms with E-state index in [1.165, 1.54) is 25.5 Å². The van der Waals surface area contributed by atoms with Gasteiger partial charge in [0.2, 0.25) is 0 Å². The normalized spacial score (nSPS) is 16.2. The zero-order chi connectivity index (χ0) is 25.6. The number of hydrogen-bond acceptors (Lipinski definition) is 5. The number of nitrogens with one attached hydrogen (secondary N) is 1. The molecule has 1 atom stereocenters. The first-order valence-electron chi connectivity index (χ1n) is 12.5. The Morgan fingerprint density at radius 1 is 1.29 bits per heavy atom. The van der Waals surface area contributed by atoms with Crippen molar-refractivity contribution in [3.05, 3.63) is 59.6 Å². The Bertz CT molecular complexity index is 1190. The molecule has 1 N–H and O–H groups in total. The Hall–Kier alpha value is -2.74. The van der Waals surface area contributed by atoms with Gasteiger partial charge in [-0.2, -0.15) is 5.10 Å². The fraction of sp³-hybridized carbons (Fsp3) is 0.519. The fourth-order valence-electron chi connectivity index (χ4n) is 4.60. The molecular formula is C27H38N4O3S. The van der Waals surface area contributed by atoms with Gasteiger partial charge in [0.1, 0.15) is 0 Å². The third-order valence-electron chi connectivity index (χ3n) is 6.85. The van der Waals surface area contributed by atoms with Crippen molar-refractivity contribution in [3.63, 3.8) is 0 Å². The number of amides is 1. The molecule has 0 aromatic carbocycles. The van der Waals surface area contributed by atoms with Crippen LogP contribution in [-0.4, -0.2) is 35.3 Å². The molecule has 3 rings (SSSR count). The van der Waals surface area contributed by atoms with Crippen LogP contribution in [-0.2, 0) is 14.6 Å². The standard InChI is InChI=1S/C27H38N4O3S/c1-6-19(3)13-14-23(24-18-29-31(20(24)4)22-11-9-8-10-12-22)27(32)30-25(7-2)21-15-16-28-26(17-21)35(5,33)34/h14-18,22,25H,3,6-13H2,1-2,4-5H3,(H,30,32). The van der Waals surface area contributed by atoms with Crippen LogP contribution in [0.15, 0.2) is 47.8 Å². The van der Waals surface area contributed by atoms with Gasteiger partial charge < -0.3 is 5.32 Å². The van der Waals surface area contributed by atoms with E-state index in [4.69, 9.17) is 0 Å². The van der Waals surface area contributed by atoms with Crippen molar-refractivity contribution in [3.8, 4) is 0 Å². The maximum atomic E-state index is 13.6. The maximum Gasteiger partial charge on any atom is 0.252 e. The van der Waals surface area contributed by atoms with Gasteiger partial charge >= 0.3 is 0 Å². The second-order valence-corrected chi connectivity index (χ2v) is 11.4. The average Bonchev–Trinajstić information content (AvgIpc) is 3.23. The van der Waals surface area contributed by atoms with Crippen molar-refractivity contribution in [2.24, 2.45) is 0 Å². The van der Waals surface area contributed by atoms with Crippen LogP contribution in [0.25, 0.3) is 5.57 Å². The first-order valence-corrected chi connectivity index (χ1v) is 14.4. The molecule has 1 aliphatic rings. The minimum Gasteiger partial charge on any atom is -0.345 e. The van der Waals surface area contributed by atoms with E-state index in [1.807, 2.05) is 19.9 Å². The van der Waals surface area contributed by atoms with E-state index < -0.39 is 9.84 Å². The largest absolute Gasteiger partial charge is 0.345 e. The highest BCUT2D eigenvalue weighted by atomic mass is 32.2. The summed E-state index contributed by atoms with van der Waals surface area (Å²) < 4.78 is 26.1. The molecule has 0 saturated heterocycles. The molecule has 7 nitrogen and oxygen atoms in total. The SMILES string of the molecule is C=C(CC)CC=C(C(=O)NC(CC)c1ccnc(S(C)(=O)=O)c1)c1cnn(C2CCCCC2)c1C. The summed E-state index contributed by atoms with van der Waals surface area (Å²) in [5.74, 6) is -0.204. The van der Waals surface area contributed by atoms with E-state index in [0.29, 0.717) is 30.0 Å². The molecule has 2 heterocycles. The number of rotatable bonds is 10. The molecule has 0 aliphatic heterocycles. The number of aromatic nitrogens is 3. The zero-order valence-corrected chi connectivity index (χ0v) is 22.2. The lowest BCUT2D eigenvalue weighted by Gasteiger charge is -2.23. The van der Waals surface area contributed by atoms with Gasteiger partial charge in [-0.3, -0.25) is 9.48 Å². The fourth-order valence-corrected chi connectivity index (χ4v) is 5.20. The molecule has 1 aliphatic carbocycles. The lowest BCUT2D eigenvalue weighted by Crippen LogP contribution is -2.29. The van der Waals surface area contributed by atoms with Crippen molar-refractivity contribution in [1.82, 2.24) is 20.1 Å². The van der Waals surface area contributed by atoms with Gasteiger partial charge in [-0.1, -0.05) is 51.3 Å². The van der Waals surface area contributed by atoms with Gasteiger partial charge in [0.05, 0.1) is 18.3 Å². The maximum absolute atomic E-state index is 13.6. The summed E-state index contributed by atoms with van der Waals surface area (Å²) in [7, 11) is -3.45. The average molecular weight is 499 g/mol. The van der Waals surface area contributed by atoms with Gasteiger partial charge in [-0.25, -0.2) is 13.4 Å². The predicted octanol–water partition coefficient (Wildman–Crippen LogP) is 5.50. The van der Waals surface area contributed by atoms with Crippen molar-refractivity contribution < 1.29 is 13.2 Å². The number of carbonyl (C=O) groups excluding carboxylic acids is 1. The number of pyridine rings is 1. The van der Waals surface area contributed by atoms with Crippen molar-refractivity contribution in [1.29, 1.82) is 0 Å². The number of allylic oxidation sites excluding steroid dienone is 2. The first-order chi connectivity index (χ1) is 16.7. The summed E-state index contributed by atoms with van der Waals surface area (Å²) in [5.41, 5.74) is 4.17. The van der Waals surface area contributed by atoms with Crippen molar-refractivity contribution >= 4 is 21.3 Å². The van der Waals surface area contributed by atoms with Crippen LogP contribution in [0.3, 0.4) is 0 Å². The van der Waals surface area contributed by atoms with Crippen LogP contribution < -0.4 is 5.32 Å². The Morgan fingerprint density at radius 2 is 2.00 bits per heavy atom. The highest BCUT2D eigenvalue weighted by Crippen LogP contribution is 2.31. The molecule has 2 aromatic heterocycles. The van der Waals surface area contributed by atoms with Crippen LogP contribution in [0.4, 0.5) is 0 Å². The summed E-state index contributed by atoms with van der Waals surface area (Å²) >= 11 is 0. The van der Waals surface area contributed by atoms with Crippen LogP contribution in [0, 0.1) is 6.92 Å². The third-order valence-corrected chi connectivity index (χ3v) is 7.83. The lowest BCUT2D eigenvalue weighted by molar-refractivity contribution is -0.116. The van der Waals surface area contributed by atoms with E-state index in [-0.39, 0.29) is 17.0 Å². The molecule has 1 saturated carbocycles. The second kappa shape index (κ2) is 11.8. The second-order valence-electron chi connectivity index (χ2n) is 9.44. The van der Waals surface area contributed by atoms with Crippen molar-refractivity contribution in [2.75, 3.05) is 6.26 Å². The minimum absolute atomic E-state index is 0.00214. The Kier molecular flexibility index (Phi) is 9.05. The van der Waals surface area contributed by atoms with E-state index >= 15 is 0 Å². The molecule has 0 spiro atoms. The van der Waals surface area contributed by atoms with Crippen LogP contribution in [0.1, 0.15) is 94.1 Å². The summed E-state index contributed by atoms with van der Waals surface area (Å²) in [6.07, 6.45) is 14.3. The highest BCUT2D eigenvalue weighted by molar-refractivity contribution is 7.90. The Morgan fingerprint density at radius 3 is 2.63 bits per heavy atom. The molecule has 8 heteroatoms. The molecule has 2 aromatic rings. The molecular weight excluding hydrogens is 460 g/mol. The molecule has 0 bridgehead atoms. The number of nitrogens with zero attached hydrogens (tertiary/aromatic N) is 3. The van der Waals surface area contributed by atoms with Gasteiger partial charge in [0.25, 0.3) is 5.91 Å². The third kappa shape index (κ3) is 6.69. The van der Waals surface area contributed by atoms with Gasteiger partial charge in [-0.05, 0) is 56.7 Å². The molecule has 35 heavy (non-hydrogen) atoms. The van der Waals surface area contributed by atoms with Crippen LogP contribution in [0.2, 0.25) is 0 Å². The minimum atomic E-state index is -3.45. The highest BCUT2D eigenvalue weighted by Gasteiger charge is 2.24. The van der Waals surface area contributed by atoms with E-state index in [1.54, 1.807) is 18.3 Å². The van der Waals surface area contributed by atoms with E-state index in [9.17, 15) is 13.2 Å². The smallest absolute Gasteiger partial charge is 0.252 e. The lowest BCUT2D eigenvalue weighted by atomic mass is 9.95. The zero-order valence-electron chi connectivity index (χ0n) is 21.4. The Balaban J connectivity index is 1.92. The van der Waals surface area contributed by atoms with Gasteiger partial charge in [-0.15, -0.1) is 0 Å².